The topological polar surface area (TPSA) is 35.6 Å². The van der Waals surface area contributed by atoms with E-state index in [0.717, 1.165) is 30.1 Å². The standard InChI is InChI=1S/C19H27N3O/c1-14(23)20-18-7-3-2-6-15(18)10-21-11-16-12-22-9-5-4-8-19(22)17(16)13-21/h2-3,6-7,16-17,19H,4-5,8-13H2,1H3,(H,20,23)/t16-,17+,19-/m1/s1. The lowest BCUT2D eigenvalue weighted by atomic mass is 9.90. The highest BCUT2D eigenvalue weighted by Gasteiger charge is 2.46. The van der Waals surface area contributed by atoms with Crippen molar-refractivity contribution in [2.45, 2.75) is 38.8 Å². The molecule has 3 heterocycles. The molecule has 0 aliphatic carbocycles. The molecule has 0 saturated carbocycles. The van der Waals surface area contributed by atoms with E-state index in [0.29, 0.717) is 0 Å². The molecule has 0 aromatic heterocycles. The molecule has 0 unspecified atom stereocenters. The molecule has 4 rings (SSSR count). The maximum Gasteiger partial charge on any atom is 0.221 e. The van der Waals surface area contributed by atoms with Gasteiger partial charge in [0.1, 0.15) is 0 Å². The minimum absolute atomic E-state index is 0.00795. The van der Waals surface area contributed by atoms with E-state index in [2.05, 4.69) is 27.2 Å². The Hall–Kier alpha value is -1.39. The van der Waals surface area contributed by atoms with Gasteiger partial charge < -0.3 is 5.32 Å². The van der Waals surface area contributed by atoms with E-state index in [1.165, 1.54) is 51.0 Å². The SMILES string of the molecule is CC(=O)Nc1ccccc1CN1C[C@@H]2CN3CCCC[C@@H]3[C@H]2C1. The van der Waals surface area contributed by atoms with Gasteiger partial charge in [-0.05, 0) is 42.9 Å². The van der Waals surface area contributed by atoms with Crippen LogP contribution in [0.3, 0.4) is 0 Å². The van der Waals surface area contributed by atoms with Crippen LogP contribution < -0.4 is 5.32 Å². The van der Waals surface area contributed by atoms with Gasteiger partial charge >= 0.3 is 0 Å². The first-order chi connectivity index (χ1) is 11.2. The predicted octanol–water partition coefficient (Wildman–Crippen LogP) is 2.56. The van der Waals surface area contributed by atoms with Crippen LogP contribution in [0.1, 0.15) is 31.7 Å². The Bertz CT molecular complexity index is 588. The molecule has 4 nitrogen and oxygen atoms in total. The van der Waals surface area contributed by atoms with Gasteiger partial charge in [-0.15, -0.1) is 0 Å². The first-order valence-corrected chi connectivity index (χ1v) is 9.02. The molecule has 4 heteroatoms. The number of carbonyl (C=O) groups is 1. The monoisotopic (exact) mass is 313 g/mol. The second kappa shape index (κ2) is 6.25. The summed E-state index contributed by atoms with van der Waals surface area (Å²) < 4.78 is 0. The van der Waals surface area contributed by atoms with Crippen LogP contribution in [-0.4, -0.2) is 47.9 Å². The Kier molecular flexibility index (Phi) is 4.12. The summed E-state index contributed by atoms with van der Waals surface area (Å²) >= 11 is 0. The smallest absolute Gasteiger partial charge is 0.221 e. The molecule has 0 spiro atoms. The van der Waals surface area contributed by atoms with Crippen LogP contribution in [-0.2, 0) is 11.3 Å². The largest absolute Gasteiger partial charge is 0.326 e. The summed E-state index contributed by atoms with van der Waals surface area (Å²) in [5.74, 6) is 1.72. The summed E-state index contributed by atoms with van der Waals surface area (Å²) in [6.45, 7) is 7.60. The molecule has 0 bridgehead atoms. The van der Waals surface area contributed by atoms with Gasteiger partial charge in [-0.2, -0.15) is 0 Å². The van der Waals surface area contributed by atoms with Gasteiger partial charge in [0.25, 0.3) is 0 Å². The highest BCUT2D eigenvalue weighted by Crippen LogP contribution is 2.40. The van der Waals surface area contributed by atoms with Crippen molar-refractivity contribution in [2.24, 2.45) is 11.8 Å². The summed E-state index contributed by atoms with van der Waals surface area (Å²) in [6, 6.07) is 9.06. The zero-order chi connectivity index (χ0) is 15.8. The number of rotatable bonds is 3. The molecule has 3 saturated heterocycles. The summed E-state index contributed by atoms with van der Waals surface area (Å²) in [5, 5.41) is 2.97. The van der Waals surface area contributed by atoms with Crippen molar-refractivity contribution < 1.29 is 4.79 Å². The van der Waals surface area contributed by atoms with Crippen LogP contribution in [0.5, 0.6) is 0 Å². The van der Waals surface area contributed by atoms with Gasteiger partial charge in [0.2, 0.25) is 5.91 Å². The minimum atomic E-state index is 0.00795. The van der Waals surface area contributed by atoms with Crippen LogP contribution in [0.15, 0.2) is 24.3 Å². The van der Waals surface area contributed by atoms with Crippen molar-refractivity contribution in [3.05, 3.63) is 29.8 Å². The fraction of sp³-hybridized carbons (Fsp3) is 0.632. The third-order valence-electron chi connectivity index (χ3n) is 5.92. The molecule has 3 aliphatic heterocycles. The average molecular weight is 313 g/mol. The number of likely N-dealkylation sites (tertiary alicyclic amines) is 1. The van der Waals surface area contributed by atoms with Gasteiger partial charge in [-0.25, -0.2) is 0 Å². The van der Waals surface area contributed by atoms with Crippen LogP contribution in [0.25, 0.3) is 0 Å². The number of nitrogens with one attached hydrogen (secondary N) is 1. The molecule has 1 amide bonds. The van der Waals surface area contributed by atoms with Crippen LogP contribution in [0.4, 0.5) is 5.69 Å². The fourth-order valence-electron chi connectivity index (χ4n) is 4.99. The highest BCUT2D eigenvalue weighted by atomic mass is 16.1. The summed E-state index contributed by atoms with van der Waals surface area (Å²) in [5.41, 5.74) is 2.21. The number of hydrogen-bond acceptors (Lipinski definition) is 3. The Labute approximate surface area is 138 Å². The van der Waals surface area contributed by atoms with Crippen molar-refractivity contribution in [1.82, 2.24) is 9.80 Å². The number of nitrogens with zero attached hydrogens (tertiary/aromatic N) is 2. The number of para-hydroxylation sites is 1. The van der Waals surface area contributed by atoms with Gasteiger partial charge in [-0.1, -0.05) is 24.6 Å². The van der Waals surface area contributed by atoms with Crippen LogP contribution in [0, 0.1) is 11.8 Å². The molecule has 124 valence electrons. The van der Waals surface area contributed by atoms with Crippen molar-refractivity contribution >= 4 is 11.6 Å². The van der Waals surface area contributed by atoms with E-state index in [1.807, 2.05) is 12.1 Å². The van der Waals surface area contributed by atoms with Crippen molar-refractivity contribution in [1.29, 1.82) is 0 Å². The molecule has 23 heavy (non-hydrogen) atoms. The number of anilines is 1. The van der Waals surface area contributed by atoms with Gasteiger partial charge in [0.05, 0.1) is 0 Å². The second-order valence-corrected chi connectivity index (χ2v) is 7.51. The number of fused-ring (bicyclic) bond motifs is 3. The summed E-state index contributed by atoms with van der Waals surface area (Å²) in [6.07, 6.45) is 4.21. The number of hydrogen-bond donors (Lipinski definition) is 1. The number of piperidine rings is 1. The Morgan fingerprint density at radius 1 is 1.22 bits per heavy atom. The van der Waals surface area contributed by atoms with E-state index in [-0.39, 0.29) is 5.91 Å². The van der Waals surface area contributed by atoms with Gasteiger partial charge in [-0.3, -0.25) is 14.6 Å². The van der Waals surface area contributed by atoms with Crippen LogP contribution >= 0.6 is 0 Å². The number of amides is 1. The van der Waals surface area contributed by atoms with E-state index >= 15 is 0 Å². The van der Waals surface area contributed by atoms with E-state index in [1.54, 1.807) is 6.92 Å². The maximum absolute atomic E-state index is 11.4. The van der Waals surface area contributed by atoms with Crippen molar-refractivity contribution in [2.75, 3.05) is 31.5 Å². The van der Waals surface area contributed by atoms with E-state index < -0.39 is 0 Å². The quantitative estimate of drug-likeness (QED) is 0.931. The number of benzene rings is 1. The lowest BCUT2D eigenvalue weighted by molar-refractivity contribution is -0.114. The van der Waals surface area contributed by atoms with Crippen molar-refractivity contribution in [3.8, 4) is 0 Å². The predicted molar refractivity (Wildman–Crippen MR) is 92.2 cm³/mol. The Morgan fingerprint density at radius 2 is 2.09 bits per heavy atom. The first-order valence-electron chi connectivity index (χ1n) is 9.02. The maximum atomic E-state index is 11.4. The van der Waals surface area contributed by atoms with E-state index in [4.69, 9.17) is 0 Å². The number of carbonyl (C=O) groups excluding carboxylic acids is 1. The molecule has 3 atom stereocenters. The third kappa shape index (κ3) is 3.02. The molecule has 1 N–H and O–H groups in total. The Morgan fingerprint density at radius 3 is 2.96 bits per heavy atom. The molecular weight excluding hydrogens is 286 g/mol. The van der Waals surface area contributed by atoms with Gasteiger partial charge in [0.15, 0.2) is 0 Å². The lowest BCUT2D eigenvalue weighted by Gasteiger charge is -2.33. The second-order valence-electron chi connectivity index (χ2n) is 7.51. The Balaban J connectivity index is 1.43. The van der Waals surface area contributed by atoms with Gasteiger partial charge in [0, 0.05) is 44.8 Å². The summed E-state index contributed by atoms with van der Waals surface area (Å²) in [7, 11) is 0. The normalized spacial score (nSPS) is 30.9. The highest BCUT2D eigenvalue weighted by molar-refractivity contribution is 5.89. The molecule has 1 aromatic carbocycles. The molecule has 3 aliphatic rings. The van der Waals surface area contributed by atoms with E-state index in [9.17, 15) is 4.79 Å². The average Bonchev–Trinajstić information content (AvgIpc) is 3.06. The fourth-order valence-corrected chi connectivity index (χ4v) is 4.99. The third-order valence-corrected chi connectivity index (χ3v) is 5.92. The first kappa shape index (κ1) is 15.2. The zero-order valence-corrected chi connectivity index (χ0v) is 14.0. The molecule has 3 fully saturated rings. The molecule has 1 aromatic rings. The molecule has 0 radical (unpaired) electrons. The lowest BCUT2D eigenvalue weighted by Crippen LogP contribution is -2.39. The van der Waals surface area contributed by atoms with Crippen LogP contribution in [0.2, 0.25) is 0 Å². The summed E-state index contributed by atoms with van der Waals surface area (Å²) in [4.78, 5) is 16.7. The zero-order valence-electron chi connectivity index (χ0n) is 14.0. The minimum Gasteiger partial charge on any atom is -0.326 e. The van der Waals surface area contributed by atoms with Crippen molar-refractivity contribution in [3.63, 3.8) is 0 Å². The molecular formula is C19H27N3O.